The third-order valence-corrected chi connectivity index (χ3v) is 6.82. The first-order chi connectivity index (χ1) is 11.3. The maximum absolute atomic E-state index is 12.6. The number of rotatable bonds is 5. The summed E-state index contributed by atoms with van der Waals surface area (Å²) < 4.78 is 29.5. The average molecular weight is 362 g/mol. The van der Waals surface area contributed by atoms with Crippen LogP contribution in [0.2, 0.25) is 0 Å². The third-order valence-electron chi connectivity index (χ3n) is 3.35. The van der Waals surface area contributed by atoms with E-state index in [1.165, 1.54) is 0 Å². The average Bonchev–Trinajstić information content (AvgIpc) is 2.52. The number of hydrogen-bond acceptors (Lipinski definition) is 2. The summed E-state index contributed by atoms with van der Waals surface area (Å²) in [6, 6.07) is 14.6. The Morgan fingerprint density at radius 1 is 0.917 bits per heavy atom. The first-order valence-corrected chi connectivity index (χ1v) is 10.5. The summed E-state index contributed by atoms with van der Waals surface area (Å²) in [7, 11) is -4.53. The van der Waals surface area contributed by atoms with E-state index in [-0.39, 0.29) is 4.90 Å². The van der Waals surface area contributed by atoms with Gasteiger partial charge in [0.1, 0.15) is 0 Å². The van der Waals surface area contributed by atoms with Crippen LogP contribution in [0, 0.1) is 19.8 Å². The Balaban J connectivity index is 2.50. The minimum Gasteiger partial charge on any atom is -0.199 e. The van der Waals surface area contributed by atoms with E-state index in [1.807, 2.05) is 49.6 Å². The molecule has 0 N–H and O–H groups in total. The summed E-state index contributed by atoms with van der Waals surface area (Å²) in [6.45, 7) is 8.05. The molecule has 1 atom stereocenters. The van der Waals surface area contributed by atoms with Crippen LogP contribution in [-0.4, -0.2) is 8.42 Å². The van der Waals surface area contributed by atoms with Crippen molar-refractivity contribution >= 4 is 20.7 Å². The molecule has 0 aliphatic heterocycles. The standard InChI is InChI=1S/C19H23NO2S2/c1-15(2)13-14-23(18-9-5-16(3)6-10-18)20-24(21,22)19-11-7-17(4)8-12-19/h5-15H,1-4H3/b14-13-. The second-order valence-corrected chi connectivity index (χ2v) is 9.45. The second kappa shape index (κ2) is 7.90. The zero-order valence-electron chi connectivity index (χ0n) is 14.4. The number of sulfonamides is 1. The lowest BCUT2D eigenvalue weighted by atomic mass is 10.2. The number of benzene rings is 2. The molecule has 24 heavy (non-hydrogen) atoms. The monoisotopic (exact) mass is 361 g/mol. The quantitative estimate of drug-likeness (QED) is 0.750. The van der Waals surface area contributed by atoms with E-state index in [0.717, 1.165) is 16.0 Å². The minimum atomic E-state index is -3.70. The van der Waals surface area contributed by atoms with Crippen LogP contribution in [0.4, 0.5) is 0 Å². The Hall–Kier alpha value is -1.72. The second-order valence-electron chi connectivity index (χ2n) is 6.06. The number of nitrogens with zero attached hydrogens (tertiary/aromatic N) is 1. The summed E-state index contributed by atoms with van der Waals surface area (Å²) in [6.07, 6.45) is 2.00. The summed E-state index contributed by atoms with van der Waals surface area (Å²) in [5.41, 5.74) is 2.16. The fourth-order valence-corrected chi connectivity index (χ4v) is 5.16. The molecular weight excluding hydrogens is 338 g/mol. The molecule has 0 aliphatic carbocycles. The summed E-state index contributed by atoms with van der Waals surface area (Å²) in [5, 5.41) is 1.89. The fourth-order valence-electron chi connectivity index (χ4n) is 1.91. The largest absolute Gasteiger partial charge is 0.288 e. The molecule has 0 heterocycles. The van der Waals surface area contributed by atoms with E-state index >= 15 is 0 Å². The highest BCUT2D eigenvalue weighted by atomic mass is 32.3. The molecule has 0 bridgehead atoms. The van der Waals surface area contributed by atoms with Crippen molar-refractivity contribution in [3.63, 3.8) is 0 Å². The van der Waals surface area contributed by atoms with Crippen LogP contribution in [0.25, 0.3) is 0 Å². The summed E-state index contributed by atoms with van der Waals surface area (Å²) in [4.78, 5) is 1.13. The maximum atomic E-state index is 12.6. The Morgan fingerprint density at radius 2 is 1.42 bits per heavy atom. The van der Waals surface area contributed by atoms with Gasteiger partial charge in [-0.25, -0.2) is 0 Å². The number of aryl methyl sites for hydroxylation is 2. The Bertz CT molecular complexity index is 847. The van der Waals surface area contributed by atoms with Crippen molar-refractivity contribution in [2.75, 3.05) is 0 Å². The van der Waals surface area contributed by atoms with Crippen LogP contribution >= 0.6 is 0 Å². The van der Waals surface area contributed by atoms with Crippen molar-refractivity contribution in [1.82, 2.24) is 0 Å². The van der Waals surface area contributed by atoms with Gasteiger partial charge in [0.15, 0.2) is 0 Å². The predicted octanol–water partition coefficient (Wildman–Crippen LogP) is 5.02. The molecule has 5 heteroatoms. The molecule has 0 amide bonds. The van der Waals surface area contributed by atoms with Gasteiger partial charge in [-0.05, 0) is 60.1 Å². The first-order valence-electron chi connectivity index (χ1n) is 7.81. The van der Waals surface area contributed by atoms with Gasteiger partial charge in [0.05, 0.1) is 4.90 Å². The molecule has 0 spiro atoms. The molecule has 1 unspecified atom stereocenters. The number of hydrogen-bond donors (Lipinski definition) is 0. The predicted molar refractivity (Wildman–Crippen MR) is 102 cm³/mol. The Labute approximate surface area is 147 Å². The molecule has 0 saturated heterocycles. The SMILES string of the molecule is Cc1ccc(S(/C=C\C(C)C)=N/S(=O)(=O)c2ccc(C)cc2)cc1. The van der Waals surface area contributed by atoms with Gasteiger partial charge >= 0.3 is 0 Å². The topological polar surface area (TPSA) is 46.5 Å². The van der Waals surface area contributed by atoms with Crippen LogP contribution in [-0.2, 0) is 20.7 Å². The van der Waals surface area contributed by atoms with Gasteiger partial charge < -0.3 is 0 Å². The van der Waals surface area contributed by atoms with Gasteiger partial charge in [0, 0.05) is 4.90 Å². The minimum absolute atomic E-state index is 0.232. The first kappa shape index (κ1) is 18.6. The van der Waals surface area contributed by atoms with Crippen LogP contribution < -0.4 is 0 Å². The molecule has 0 aliphatic rings. The lowest BCUT2D eigenvalue weighted by Gasteiger charge is -2.06. The summed E-state index contributed by atoms with van der Waals surface area (Å²) >= 11 is 0. The van der Waals surface area contributed by atoms with E-state index < -0.39 is 20.7 Å². The molecule has 0 aromatic heterocycles. The molecule has 0 fully saturated rings. The van der Waals surface area contributed by atoms with Gasteiger partial charge in [-0.2, -0.15) is 8.42 Å². The van der Waals surface area contributed by atoms with Gasteiger partial charge in [-0.3, -0.25) is 0 Å². The highest BCUT2D eigenvalue weighted by molar-refractivity contribution is 8.01. The smallest absolute Gasteiger partial charge is 0.199 e. The van der Waals surface area contributed by atoms with Crippen molar-refractivity contribution in [3.05, 3.63) is 71.1 Å². The van der Waals surface area contributed by atoms with Crippen molar-refractivity contribution in [3.8, 4) is 0 Å². The van der Waals surface area contributed by atoms with Crippen LogP contribution in [0.1, 0.15) is 25.0 Å². The zero-order valence-corrected chi connectivity index (χ0v) is 16.1. The van der Waals surface area contributed by atoms with Gasteiger partial charge in [-0.15, -0.1) is 3.77 Å². The fraction of sp³-hybridized carbons (Fsp3) is 0.263. The molecule has 128 valence electrons. The maximum Gasteiger partial charge on any atom is 0.288 e. The highest BCUT2D eigenvalue weighted by Gasteiger charge is 2.14. The molecule has 2 aromatic carbocycles. The molecular formula is C19H23NO2S2. The Morgan fingerprint density at radius 3 is 1.92 bits per heavy atom. The molecule has 2 aromatic rings. The lowest BCUT2D eigenvalue weighted by molar-refractivity contribution is 0.598. The van der Waals surface area contributed by atoms with Gasteiger partial charge in [-0.1, -0.05) is 55.3 Å². The van der Waals surface area contributed by atoms with Crippen LogP contribution in [0.15, 0.2) is 73.6 Å². The van der Waals surface area contributed by atoms with E-state index in [9.17, 15) is 8.42 Å². The van der Waals surface area contributed by atoms with E-state index in [2.05, 4.69) is 17.6 Å². The van der Waals surface area contributed by atoms with Gasteiger partial charge in [0.2, 0.25) is 0 Å². The van der Waals surface area contributed by atoms with Gasteiger partial charge in [0.25, 0.3) is 10.0 Å². The number of allylic oxidation sites excluding steroid dienone is 1. The Kier molecular flexibility index (Phi) is 6.13. The van der Waals surface area contributed by atoms with E-state index in [1.54, 1.807) is 24.3 Å². The lowest BCUT2D eigenvalue weighted by Crippen LogP contribution is -2.00. The molecule has 0 radical (unpaired) electrons. The van der Waals surface area contributed by atoms with Crippen molar-refractivity contribution in [2.24, 2.45) is 9.69 Å². The van der Waals surface area contributed by atoms with E-state index in [0.29, 0.717) is 5.92 Å². The highest BCUT2D eigenvalue weighted by Crippen LogP contribution is 2.19. The molecule has 3 nitrogen and oxygen atoms in total. The van der Waals surface area contributed by atoms with Crippen LogP contribution in [0.3, 0.4) is 0 Å². The van der Waals surface area contributed by atoms with Crippen molar-refractivity contribution < 1.29 is 8.42 Å². The van der Waals surface area contributed by atoms with E-state index in [4.69, 9.17) is 0 Å². The van der Waals surface area contributed by atoms with Crippen molar-refractivity contribution in [1.29, 1.82) is 0 Å². The van der Waals surface area contributed by atoms with Crippen molar-refractivity contribution in [2.45, 2.75) is 37.5 Å². The third kappa shape index (κ3) is 5.14. The summed E-state index contributed by atoms with van der Waals surface area (Å²) in [5.74, 6) is 0.336. The molecule has 2 rings (SSSR count). The normalized spacial score (nSPS) is 13.7. The van der Waals surface area contributed by atoms with Crippen LogP contribution in [0.5, 0.6) is 0 Å². The zero-order chi connectivity index (χ0) is 17.7. The molecule has 0 saturated carbocycles.